The summed E-state index contributed by atoms with van der Waals surface area (Å²) < 4.78 is 10.8. The van der Waals surface area contributed by atoms with E-state index < -0.39 is 0 Å². The molecule has 6 rings (SSSR count). The fourth-order valence-electron chi connectivity index (χ4n) is 4.93. The van der Waals surface area contributed by atoms with Gasteiger partial charge >= 0.3 is 0 Å². The molecule has 1 saturated heterocycles. The third-order valence-electron chi connectivity index (χ3n) is 6.74. The van der Waals surface area contributed by atoms with Gasteiger partial charge in [0.1, 0.15) is 10.2 Å². The van der Waals surface area contributed by atoms with Crippen LogP contribution < -0.4 is 21.0 Å². The molecule has 33 heavy (non-hydrogen) atoms. The van der Waals surface area contributed by atoms with Crippen LogP contribution in [0, 0.1) is 0 Å². The average Bonchev–Trinajstić information content (AvgIpc) is 3.61. The van der Waals surface area contributed by atoms with Crippen LogP contribution in [0.25, 0.3) is 32.2 Å². The Hall–Kier alpha value is -2.94. The molecule has 0 unspecified atom stereocenters. The number of H-pyrrole nitrogens is 1. The lowest BCUT2D eigenvalue weighted by Crippen LogP contribution is -2.42. The maximum atomic E-state index is 13.2. The van der Waals surface area contributed by atoms with Crippen molar-refractivity contribution >= 4 is 32.7 Å². The molecule has 3 heterocycles. The highest BCUT2D eigenvalue weighted by Crippen LogP contribution is 2.44. The van der Waals surface area contributed by atoms with E-state index in [4.69, 9.17) is 4.74 Å². The highest BCUT2D eigenvalue weighted by Gasteiger charge is 2.30. The molecule has 0 spiro atoms. The van der Waals surface area contributed by atoms with Crippen LogP contribution in [-0.4, -0.2) is 47.1 Å². The minimum Gasteiger partial charge on any atom is -0.494 e. The summed E-state index contributed by atoms with van der Waals surface area (Å²) >= 11 is 1.24. The van der Waals surface area contributed by atoms with E-state index in [0.29, 0.717) is 16.0 Å². The molecule has 1 aliphatic carbocycles. The highest BCUT2D eigenvalue weighted by molar-refractivity contribution is 7.12. The number of aromatic nitrogens is 2. The number of fused-ring (bicyclic) bond motifs is 2. The van der Waals surface area contributed by atoms with E-state index in [9.17, 15) is 9.59 Å². The summed E-state index contributed by atoms with van der Waals surface area (Å²) in [4.78, 5) is 28.8. The smallest absolute Gasteiger partial charge is 0.271 e. The van der Waals surface area contributed by atoms with Gasteiger partial charge in [0.15, 0.2) is 5.75 Å². The van der Waals surface area contributed by atoms with E-state index in [-0.39, 0.29) is 22.4 Å². The van der Waals surface area contributed by atoms with Crippen LogP contribution in [0.2, 0.25) is 0 Å². The Bertz CT molecular complexity index is 1460. The number of hydrogen-bond donors (Lipinski definition) is 2. The molecule has 0 amide bonds. The molecule has 2 aromatic carbocycles. The molecule has 2 N–H and O–H groups in total. The SMILES string of the molecule is COc1c(-c2ccc(CN3CCNCC3)cc2)ccc2c(=O)c3c(=O)[nH]sc3n(C3CC3)c12. The molecule has 2 aromatic heterocycles. The second-order valence-corrected chi connectivity index (χ2v) is 9.70. The summed E-state index contributed by atoms with van der Waals surface area (Å²) in [6, 6.07) is 12.7. The molecule has 4 aromatic rings. The average molecular weight is 463 g/mol. The number of nitrogens with zero attached hydrogens (tertiary/aromatic N) is 2. The first-order valence-electron chi connectivity index (χ1n) is 11.4. The Kier molecular flexibility index (Phi) is 5.09. The first kappa shape index (κ1) is 20.7. The summed E-state index contributed by atoms with van der Waals surface area (Å²) in [7, 11) is 1.66. The van der Waals surface area contributed by atoms with Crippen molar-refractivity contribution in [1.29, 1.82) is 0 Å². The quantitative estimate of drug-likeness (QED) is 0.476. The van der Waals surface area contributed by atoms with Crippen LogP contribution in [0.1, 0.15) is 24.4 Å². The summed E-state index contributed by atoms with van der Waals surface area (Å²) in [6.45, 7) is 5.16. The molecule has 1 aliphatic heterocycles. The number of methoxy groups -OCH3 is 1. The van der Waals surface area contributed by atoms with Gasteiger partial charge in [-0.05, 0) is 47.6 Å². The maximum absolute atomic E-state index is 13.2. The van der Waals surface area contributed by atoms with Crippen molar-refractivity contribution in [1.82, 2.24) is 19.2 Å². The zero-order valence-corrected chi connectivity index (χ0v) is 19.3. The Morgan fingerprint density at radius 3 is 2.52 bits per heavy atom. The van der Waals surface area contributed by atoms with Gasteiger partial charge < -0.3 is 14.6 Å². The first-order valence-corrected chi connectivity index (χ1v) is 12.3. The highest BCUT2D eigenvalue weighted by atomic mass is 32.1. The lowest BCUT2D eigenvalue weighted by Gasteiger charge is -2.27. The van der Waals surface area contributed by atoms with E-state index >= 15 is 0 Å². The molecule has 0 radical (unpaired) electrons. The van der Waals surface area contributed by atoms with Gasteiger partial charge in [-0.3, -0.25) is 18.9 Å². The van der Waals surface area contributed by atoms with Crippen molar-refractivity contribution in [3.63, 3.8) is 0 Å². The molecular formula is C25H26N4O3S. The summed E-state index contributed by atoms with van der Waals surface area (Å²) in [5, 5.41) is 4.19. The predicted molar refractivity (Wildman–Crippen MR) is 133 cm³/mol. The number of aromatic amines is 1. The van der Waals surface area contributed by atoms with Gasteiger partial charge in [0, 0.05) is 44.3 Å². The maximum Gasteiger partial charge on any atom is 0.271 e. The summed E-state index contributed by atoms with van der Waals surface area (Å²) in [6.07, 6.45) is 2.07. The van der Waals surface area contributed by atoms with Crippen molar-refractivity contribution in [2.75, 3.05) is 33.3 Å². The van der Waals surface area contributed by atoms with Crippen LogP contribution in [-0.2, 0) is 6.54 Å². The molecule has 170 valence electrons. The van der Waals surface area contributed by atoms with Gasteiger partial charge in [-0.25, -0.2) is 0 Å². The van der Waals surface area contributed by atoms with E-state index in [1.165, 1.54) is 17.1 Å². The van der Waals surface area contributed by atoms with Crippen LogP contribution in [0.5, 0.6) is 5.75 Å². The van der Waals surface area contributed by atoms with Crippen molar-refractivity contribution < 1.29 is 4.74 Å². The zero-order valence-electron chi connectivity index (χ0n) is 18.5. The number of nitrogens with one attached hydrogen (secondary N) is 2. The lowest BCUT2D eigenvalue weighted by atomic mass is 9.99. The van der Waals surface area contributed by atoms with E-state index in [2.05, 4.69) is 43.4 Å². The van der Waals surface area contributed by atoms with E-state index in [1.54, 1.807) is 7.11 Å². The molecule has 2 fully saturated rings. The summed E-state index contributed by atoms with van der Waals surface area (Å²) in [5.74, 6) is 0.689. The number of benzene rings is 2. The molecule has 7 nitrogen and oxygen atoms in total. The number of rotatable bonds is 5. The number of ether oxygens (including phenoxy) is 1. The normalized spacial score (nSPS) is 17.1. The van der Waals surface area contributed by atoms with Crippen LogP contribution >= 0.6 is 11.5 Å². The monoisotopic (exact) mass is 462 g/mol. The van der Waals surface area contributed by atoms with Gasteiger partial charge in [0.05, 0.1) is 18.0 Å². The molecule has 2 aliphatic rings. The fourth-order valence-corrected chi connectivity index (χ4v) is 5.84. The fraction of sp³-hybridized carbons (Fsp3) is 0.360. The van der Waals surface area contributed by atoms with Crippen molar-refractivity contribution in [3.8, 4) is 16.9 Å². The topological polar surface area (TPSA) is 79.4 Å². The van der Waals surface area contributed by atoms with Gasteiger partial charge in [-0.15, -0.1) is 0 Å². The Labute approximate surface area is 194 Å². The van der Waals surface area contributed by atoms with Gasteiger partial charge in [0.2, 0.25) is 5.43 Å². The number of pyridine rings is 1. The Morgan fingerprint density at radius 2 is 1.82 bits per heavy atom. The van der Waals surface area contributed by atoms with Crippen LogP contribution in [0.15, 0.2) is 46.0 Å². The molecule has 1 saturated carbocycles. The van der Waals surface area contributed by atoms with Crippen LogP contribution in [0.3, 0.4) is 0 Å². The summed E-state index contributed by atoms with van der Waals surface area (Å²) in [5.41, 5.74) is 3.55. The van der Waals surface area contributed by atoms with Crippen LogP contribution in [0.4, 0.5) is 0 Å². The minimum absolute atomic E-state index is 0.226. The number of hydrogen-bond acceptors (Lipinski definition) is 6. The Morgan fingerprint density at radius 1 is 1.06 bits per heavy atom. The van der Waals surface area contributed by atoms with E-state index in [0.717, 1.165) is 62.2 Å². The second-order valence-electron chi connectivity index (χ2n) is 8.91. The van der Waals surface area contributed by atoms with Crippen molar-refractivity contribution in [2.24, 2.45) is 0 Å². The molecule has 8 heteroatoms. The predicted octanol–water partition coefficient (Wildman–Crippen LogP) is 3.32. The van der Waals surface area contributed by atoms with Crippen molar-refractivity contribution in [3.05, 3.63) is 62.5 Å². The minimum atomic E-state index is -0.306. The van der Waals surface area contributed by atoms with Gasteiger partial charge in [0.25, 0.3) is 5.56 Å². The molecule has 0 atom stereocenters. The largest absolute Gasteiger partial charge is 0.494 e. The van der Waals surface area contributed by atoms with Crippen molar-refractivity contribution in [2.45, 2.75) is 25.4 Å². The standard InChI is InChI=1S/C25H26N4O3S/c1-32-23-18(16-4-2-15(3-5-16)14-28-12-10-26-11-13-28)8-9-19-21(23)29(17-6-7-17)25-20(22(19)30)24(31)27-33-25/h2-5,8-9,17,26H,6-7,10-14H2,1H3,(H,27,31). The van der Waals surface area contributed by atoms with Gasteiger partial charge in [-0.1, -0.05) is 24.3 Å². The zero-order chi connectivity index (χ0) is 22.5. The van der Waals surface area contributed by atoms with Gasteiger partial charge in [-0.2, -0.15) is 0 Å². The Balaban J connectivity index is 1.48. The number of piperazine rings is 1. The second kappa shape index (κ2) is 8.13. The third kappa shape index (κ3) is 3.49. The third-order valence-corrected chi connectivity index (χ3v) is 7.62. The molecular weight excluding hydrogens is 436 g/mol. The first-order chi connectivity index (χ1) is 16.2. The molecule has 0 bridgehead atoms. The van der Waals surface area contributed by atoms with E-state index in [1.807, 2.05) is 12.1 Å². The lowest BCUT2D eigenvalue weighted by molar-refractivity contribution is 0.233.